The molecular weight excluding hydrogens is 150 g/mol. The molecule has 2 heterocycles. The van der Waals surface area contributed by atoms with E-state index in [2.05, 4.69) is 15.5 Å². The molecular formula is C9H9N3+. The lowest BCUT2D eigenvalue weighted by Crippen LogP contribution is -2.10. The van der Waals surface area contributed by atoms with Gasteiger partial charge in [0.05, 0.1) is 18.3 Å². The minimum atomic E-state index is 0.796. The van der Waals surface area contributed by atoms with Crippen LogP contribution in [0.2, 0.25) is 0 Å². The molecule has 0 aromatic carbocycles. The second kappa shape index (κ2) is 3.17. The van der Waals surface area contributed by atoms with Gasteiger partial charge in [0.1, 0.15) is 0 Å². The summed E-state index contributed by atoms with van der Waals surface area (Å²) in [5, 5.41) is 4.05. The highest BCUT2D eigenvalue weighted by Gasteiger charge is 2.13. The van der Waals surface area contributed by atoms with Crippen LogP contribution in [0.25, 0.3) is 0 Å². The van der Waals surface area contributed by atoms with Gasteiger partial charge in [-0.05, 0) is 12.1 Å². The lowest BCUT2D eigenvalue weighted by molar-refractivity contribution is 0.879. The molecule has 3 heteroatoms. The number of hydrazone groups is 1. The third-order valence-corrected chi connectivity index (χ3v) is 1.65. The smallest absolute Gasteiger partial charge is 0.261 e. The molecule has 1 aliphatic heterocycles. The maximum absolute atomic E-state index is 4.20. The Morgan fingerprint density at radius 1 is 1.42 bits per heavy atom. The van der Waals surface area contributed by atoms with E-state index in [1.54, 1.807) is 6.20 Å². The van der Waals surface area contributed by atoms with Crippen molar-refractivity contribution in [3.63, 3.8) is 0 Å². The van der Waals surface area contributed by atoms with Crippen LogP contribution >= 0.6 is 0 Å². The Hall–Kier alpha value is -1.64. The Morgan fingerprint density at radius 2 is 2.42 bits per heavy atom. The minimum absolute atomic E-state index is 0.796. The number of hydrogen-bond donors (Lipinski definition) is 1. The first kappa shape index (κ1) is 7.03. The van der Waals surface area contributed by atoms with E-state index < -0.39 is 0 Å². The fourth-order valence-electron chi connectivity index (χ4n) is 1.08. The van der Waals surface area contributed by atoms with E-state index in [-0.39, 0.29) is 0 Å². The number of aromatic nitrogens is 1. The van der Waals surface area contributed by atoms with Crippen molar-refractivity contribution in [1.82, 2.24) is 15.5 Å². The molecule has 1 aromatic rings. The van der Waals surface area contributed by atoms with Crippen LogP contribution in [0.3, 0.4) is 0 Å². The van der Waals surface area contributed by atoms with Gasteiger partial charge >= 0.3 is 0 Å². The summed E-state index contributed by atoms with van der Waals surface area (Å²) >= 11 is 0. The van der Waals surface area contributed by atoms with Crippen LogP contribution < -0.4 is 10.5 Å². The van der Waals surface area contributed by atoms with Crippen molar-refractivity contribution in [2.45, 2.75) is 6.42 Å². The quantitative estimate of drug-likeness (QED) is 0.679. The maximum Gasteiger partial charge on any atom is 0.294 e. The maximum atomic E-state index is 4.20. The van der Waals surface area contributed by atoms with Crippen LogP contribution in [0, 0.1) is 0 Å². The highest BCUT2D eigenvalue weighted by atomic mass is 15.3. The van der Waals surface area contributed by atoms with Gasteiger partial charge < -0.3 is 0 Å². The molecule has 59 valence electrons. The molecule has 0 unspecified atom stereocenters. The first-order valence-corrected chi connectivity index (χ1v) is 3.84. The molecule has 3 nitrogen and oxygen atoms in total. The highest BCUT2D eigenvalue weighted by Crippen LogP contribution is 1.97. The number of nitrogens with one attached hydrogen (secondary N) is 1. The summed E-state index contributed by atoms with van der Waals surface area (Å²) in [4.78, 5) is 4.20. The molecule has 1 radical (unpaired) electrons. The van der Waals surface area contributed by atoms with Gasteiger partial charge in [-0.3, -0.25) is 4.98 Å². The minimum Gasteiger partial charge on any atom is -0.261 e. The number of pyridine rings is 1. The SMILES string of the molecule is C1=CC(Cc2ccccn2)=[N+]N1. The summed E-state index contributed by atoms with van der Waals surface area (Å²) in [6.07, 6.45) is 6.36. The summed E-state index contributed by atoms with van der Waals surface area (Å²) in [6, 6.07) is 5.89. The van der Waals surface area contributed by atoms with E-state index in [9.17, 15) is 0 Å². The van der Waals surface area contributed by atoms with Gasteiger partial charge in [-0.2, -0.15) is 0 Å². The zero-order chi connectivity index (χ0) is 8.23. The van der Waals surface area contributed by atoms with Crippen LogP contribution in [-0.2, 0) is 6.42 Å². The molecule has 0 spiro atoms. The van der Waals surface area contributed by atoms with Gasteiger partial charge in [-0.15, -0.1) is 5.43 Å². The number of rotatable bonds is 2. The Morgan fingerprint density at radius 3 is 3.08 bits per heavy atom. The average molecular weight is 159 g/mol. The fraction of sp³-hybridized carbons (Fsp3) is 0.111. The largest absolute Gasteiger partial charge is 0.294 e. The van der Waals surface area contributed by atoms with Gasteiger partial charge in [0.2, 0.25) is 0 Å². The van der Waals surface area contributed by atoms with E-state index in [4.69, 9.17) is 0 Å². The summed E-state index contributed by atoms with van der Waals surface area (Å²) in [5.41, 5.74) is 4.84. The van der Waals surface area contributed by atoms with E-state index >= 15 is 0 Å². The topological polar surface area (TPSA) is 39.0 Å². The zero-order valence-electron chi connectivity index (χ0n) is 6.57. The second-order valence-corrected chi connectivity index (χ2v) is 2.56. The third kappa shape index (κ3) is 1.50. The standard InChI is InChI=1S/C9H9N3/c1-2-5-10-8(3-1)7-9-4-6-11-12-9/h1-6,11H,7H2/q+1. The molecule has 0 saturated carbocycles. The van der Waals surface area contributed by atoms with Crippen molar-refractivity contribution in [1.29, 1.82) is 0 Å². The molecule has 1 aliphatic rings. The monoisotopic (exact) mass is 159 g/mol. The Balaban J connectivity index is 2.09. The summed E-state index contributed by atoms with van der Waals surface area (Å²) in [7, 11) is 0. The Bertz CT molecular complexity index is 314. The molecule has 0 atom stereocenters. The summed E-state index contributed by atoms with van der Waals surface area (Å²) in [6.45, 7) is 0. The van der Waals surface area contributed by atoms with E-state index in [0.717, 1.165) is 17.8 Å². The van der Waals surface area contributed by atoms with Crippen molar-refractivity contribution in [3.8, 4) is 0 Å². The molecule has 0 saturated heterocycles. The van der Waals surface area contributed by atoms with Gasteiger partial charge in [-0.25, -0.2) is 0 Å². The van der Waals surface area contributed by atoms with Gasteiger partial charge in [0, 0.05) is 12.3 Å². The molecule has 0 aliphatic carbocycles. The molecule has 2 rings (SSSR count). The number of allylic oxidation sites excluding steroid dienone is 1. The number of hydrogen-bond acceptors (Lipinski definition) is 3. The average Bonchev–Trinajstić information content (AvgIpc) is 2.59. The van der Waals surface area contributed by atoms with Crippen molar-refractivity contribution in [2.75, 3.05) is 0 Å². The molecule has 12 heavy (non-hydrogen) atoms. The van der Waals surface area contributed by atoms with Crippen LogP contribution in [0.5, 0.6) is 0 Å². The predicted octanol–water partition coefficient (Wildman–Crippen LogP) is 0.433. The van der Waals surface area contributed by atoms with Crippen molar-refractivity contribution in [2.24, 2.45) is 0 Å². The van der Waals surface area contributed by atoms with Crippen molar-refractivity contribution >= 4 is 5.71 Å². The van der Waals surface area contributed by atoms with E-state index in [1.807, 2.05) is 30.5 Å². The number of nitrogens with zero attached hydrogens (tertiary/aromatic N) is 2. The van der Waals surface area contributed by atoms with Crippen LogP contribution in [0.4, 0.5) is 0 Å². The normalized spacial score (nSPS) is 14.2. The molecule has 0 fully saturated rings. The van der Waals surface area contributed by atoms with E-state index in [1.165, 1.54) is 0 Å². The predicted molar refractivity (Wildman–Crippen MR) is 47.4 cm³/mol. The van der Waals surface area contributed by atoms with Gasteiger partial charge in [0.25, 0.3) is 5.71 Å². The van der Waals surface area contributed by atoms with Crippen LogP contribution in [0.1, 0.15) is 5.69 Å². The third-order valence-electron chi connectivity index (χ3n) is 1.65. The Labute approximate surface area is 70.8 Å². The fourth-order valence-corrected chi connectivity index (χ4v) is 1.08. The summed E-state index contributed by atoms with van der Waals surface area (Å²) < 4.78 is 0. The highest BCUT2D eigenvalue weighted by molar-refractivity contribution is 5.96. The first-order chi connectivity index (χ1) is 5.95. The lowest BCUT2D eigenvalue weighted by atomic mass is 10.2. The second-order valence-electron chi connectivity index (χ2n) is 2.56. The molecule has 0 bridgehead atoms. The molecule has 1 aromatic heterocycles. The van der Waals surface area contributed by atoms with Gasteiger partial charge in [0.15, 0.2) is 5.10 Å². The summed E-state index contributed by atoms with van der Waals surface area (Å²) in [5.74, 6) is 0. The van der Waals surface area contributed by atoms with Gasteiger partial charge in [-0.1, -0.05) is 6.07 Å². The lowest BCUT2D eigenvalue weighted by Gasteiger charge is -1.90. The molecule has 0 amide bonds. The van der Waals surface area contributed by atoms with Crippen molar-refractivity contribution in [3.05, 3.63) is 42.4 Å². The Kier molecular flexibility index (Phi) is 1.86. The zero-order valence-corrected chi connectivity index (χ0v) is 6.57. The van der Waals surface area contributed by atoms with Crippen LogP contribution in [-0.4, -0.2) is 10.7 Å². The first-order valence-electron chi connectivity index (χ1n) is 3.84. The van der Waals surface area contributed by atoms with Crippen LogP contribution in [0.15, 0.2) is 36.7 Å². The van der Waals surface area contributed by atoms with E-state index in [0.29, 0.717) is 0 Å². The molecule has 1 N–H and O–H groups in total. The van der Waals surface area contributed by atoms with Crippen molar-refractivity contribution < 1.29 is 0 Å².